The van der Waals surface area contributed by atoms with Crippen LogP contribution in [0, 0.1) is 6.92 Å². The molecule has 108 valence electrons. The van der Waals surface area contributed by atoms with Crippen molar-refractivity contribution in [2.24, 2.45) is 0 Å². The van der Waals surface area contributed by atoms with Crippen LogP contribution < -0.4 is 5.32 Å². The number of rotatable bonds is 4. The molecule has 2 heterocycles. The van der Waals surface area contributed by atoms with E-state index in [2.05, 4.69) is 10.4 Å². The van der Waals surface area contributed by atoms with Crippen LogP contribution in [0.1, 0.15) is 15.4 Å². The van der Waals surface area contributed by atoms with Gasteiger partial charge in [0.05, 0.1) is 22.9 Å². The van der Waals surface area contributed by atoms with Gasteiger partial charge in [-0.1, -0.05) is 18.2 Å². The molecule has 0 fully saturated rings. The van der Waals surface area contributed by atoms with Gasteiger partial charge in [0.25, 0.3) is 5.91 Å². The van der Waals surface area contributed by atoms with Gasteiger partial charge in [-0.05, 0) is 25.1 Å². The highest BCUT2D eigenvalue weighted by molar-refractivity contribution is 7.20. The van der Waals surface area contributed by atoms with Gasteiger partial charge in [0, 0.05) is 11.9 Å². The summed E-state index contributed by atoms with van der Waals surface area (Å²) in [6, 6.07) is 11.7. The lowest BCUT2D eigenvalue weighted by Crippen LogP contribution is -2.25. The fourth-order valence-corrected chi connectivity index (χ4v) is 3.26. The lowest BCUT2D eigenvalue weighted by molar-refractivity contribution is 0.0949. The number of carbonyl (C=O) groups excluding carboxylic acids is 1. The van der Waals surface area contributed by atoms with Crippen LogP contribution in [-0.4, -0.2) is 33.9 Å². The molecule has 2 aromatic heterocycles. The number of hydrogen-bond donors (Lipinski definition) is 2. The second-order valence-corrected chi connectivity index (χ2v) is 5.67. The topological polar surface area (TPSA) is 67.2 Å². The molecule has 0 atom stereocenters. The second-order valence-electron chi connectivity index (χ2n) is 4.64. The zero-order chi connectivity index (χ0) is 14.8. The molecule has 21 heavy (non-hydrogen) atoms. The minimum absolute atomic E-state index is 0.0620. The lowest BCUT2D eigenvalue weighted by Gasteiger charge is -2.01. The van der Waals surface area contributed by atoms with Crippen LogP contribution in [0.4, 0.5) is 0 Å². The molecule has 1 aromatic carbocycles. The third kappa shape index (κ3) is 2.55. The van der Waals surface area contributed by atoms with E-state index in [-0.39, 0.29) is 19.1 Å². The van der Waals surface area contributed by atoms with Crippen molar-refractivity contribution in [3.63, 3.8) is 0 Å². The number of aliphatic hydroxyl groups is 1. The zero-order valence-electron chi connectivity index (χ0n) is 11.5. The Morgan fingerprint density at radius 2 is 2.14 bits per heavy atom. The molecule has 0 unspecified atom stereocenters. The van der Waals surface area contributed by atoms with Gasteiger partial charge in [-0.3, -0.25) is 4.79 Å². The number of carbonyl (C=O) groups is 1. The predicted octanol–water partition coefficient (Wildman–Crippen LogP) is 2.12. The minimum atomic E-state index is -0.163. The molecule has 0 bridgehead atoms. The Morgan fingerprint density at radius 3 is 2.86 bits per heavy atom. The molecular weight excluding hydrogens is 286 g/mol. The van der Waals surface area contributed by atoms with Crippen LogP contribution in [0.2, 0.25) is 0 Å². The molecular formula is C15H15N3O2S. The van der Waals surface area contributed by atoms with E-state index in [9.17, 15) is 4.79 Å². The number of nitrogens with one attached hydrogen (secondary N) is 1. The average molecular weight is 301 g/mol. The Bertz CT molecular complexity index is 777. The summed E-state index contributed by atoms with van der Waals surface area (Å²) in [5.74, 6) is -0.163. The number of para-hydroxylation sites is 1. The third-order valence-corrected chi connectivity index (χ3v) is 4.28. The highest BCUT2D eigenvalue weighted by Crippen LogP contribution is 2.30. The van der Waals surface area contributed by atoms with Crippen molar-refractivity contribution in [2.75, 3.05) is 13.2 Å². The minimum Gasteiger partial charge on any atom is -0.395 e. The summed E-state index contributed by atoms with van der Waals surface area (Å²) < 4.78 is 1.86. The van der Waals surface area contributed by atoms with E-state index in [1.54, 1.807) is 0 Å². The lowest BCUT2D eigenvalue weighted by atomic mass is 10.3. The highest BCUT2D eigenvalue weighted by atomic mass is 32.1. The van der Waals surface area contributed by atoms with E-state index < -0.39 is 0 Å². The maximum atomic E-state index is 12.0. The largest absolute Gasteiger partial charge is 0.395 e. The first-order valence-corrected chi connectivity index (χ1v) is 7.46. The summed E-state index contributed by atoms with van der Waals surface area (Å²) in [5, 5.41) is 17.0. The highest BCUT2D eigenvalue weighted by Gasteiger charge is 2.16. The zero-order valence-corrected chi connectivity index (χ0v) is 12.4. The van der Waals surface area contributed by atoms with Gasteiger partial charge in [0.2, 0.25) is 0 Å². The average Bonchev–Trinajstić information content (AvgIpc) is 3.07. The van der Waals surface area contributed by atoms with Crippen LogP contribution in [-0.2, 0) is 0 Å². The molecule has 0 aliphatic heterocycles. The van der Waals surface area contributed by atoms with Crippen molar-refractivity contribution in [1.82, 2.24) is 15.1 Å². The van der Waals surface area contributed by atoms with Gasteiger partial charge >= 0.3 is 0 Å². The monoisotopic (exact) mass is 301 g/mol. The first-order chi connectivity index (χ1) is 10.2. The van der Waals surface area contributed by atoms with E-state index in [1.165, 1.54) is 11.3 Å². The Labute approximate surface area is 125 Å². The summed E-state index contributed by atoms with van der Waals surface area (Å²) in [5.41, 5.74) is 1.87. The molecule has 0 aliphatic rings. The van der Waals surface area contributed by atoms with Crippen LogP contribution in [0.5, 0.6) is 0 Å². The van der Waals surface area contributed by atoms with Gasteiger partial charge in [0.15, 0.2) is 0 Å². The molecule has 0 aliphatic carbocycles. The van der Waals surface area contributed by atoms with E-state index in [0.29, 0.717) is 4.88 Å². The van der Waals surface area contributed by atoms with Gasteiger partial charge in [-0.15, -0.1) is 11.3 Å². The third-order valence-electron chi connectivity index (χ3n) is 3.17. The molecule has 0 saturated carbocycles. The first kappa shape index (κ1) is 13.8. The SMILES string of the molecule is Cc1nn(-c2ccccc2)c2sc(C(=O)NCCO)cc12. The summed E-state index contributed by atoms with van der Waals surface area (Å²) >= 11 is 1.40. The van der Waals surface area contributed by atoms with E-state index in [0.717, 1.165) is 21.6 Å². The summed E-state index contributed by atoms with van der Waals surface area (Å²) in [6.07, 6.45) is 0. The number of amides is 1. The number of aromatic nitrogens is 2. The van der Waals surface area contributed by atoms with Crippen LogP contribution in [0.15, 0.2) is 36.4 Å². The van der Waals surface area contributed by atoms with Crippen molar-refractivity contribution < 1.29 is 9.90 Å². The quantitative estimate of drug-likeness (QED) is 0.775. The molecule has 0 saturated heterocycles. The van der Waals surface area contributed by atoms with Gasteiger partial charge in [0.1, 0.15) is 4.83 Å². The van der Waals surface area contributed by atoms with E-state index in [1.807, 2.05) is 48.0 Å². The fraction of sp³-hybridized carbons (Fsp3) is 0.200. The van der Waals surface area contributed by atoms with E-state index >= 15 is 0 Å². The molecule has 3 aromatic rings. The van der Waals surface area contributed by atoms with Gasteiger partial charge in [-0.2, -0.15) is 5.10 Å². The number of hydrogen-bond acceptors (Lipinski definition) is 4. The molecule has 1 amide bonds. The Balaban J connectivity index is 2.04. The number of thiophene rings is 1. The molecule has 6 heteroatoms. The van der Waals surface area contributed by atoms with Gasteiger partial charge in [-0.25, -0.2) is 4.68 Å². The van der Waals surface area contributed by atoms with Crippen molar-refractivity contribution in [1.29, 1.82) is 0 Å². The van der Waals surface area contributed by atoms with Crippen LogP contribution in [0.25, 0.3) is 15.9 Å². The molecule has 3 rings (SSSR count). The Hall–Kier alpha value is -2.18. The van der Waals surface area contributed by atoms with Crippen molar-refractivity contribution in [3.05, 3.63) is 47.0 Å². The fourth-order valence-electron chi connectivity index (χ4n) is 2.16. The van der Waals surface area contributed by atoms with Crippen molar-refractivity contribution >= 4 is 27.5 Å². The standard InChI is InChI=1S/C15H15N3O2S/c1-10-12-9-13(14(20)16-7-8-19)21-15(12)18(17-10)11-5-3-2-4-6-11/h2-6,9,19H,7-8H2,1H3,(H,16,20). The molecule has 5 nitrogen and oxygen atoms in total. The second kappa shape index (κ2) is 5.67. The first-order valence-electron chi connectivity index (χ1n) is 6.64. The number of aliphatic hydroxyl groups excluding tert-OH is 1. The number of benzene rings is 1. The summed E-state index contributed by atoms with van der Waals surface area (Å²) in [7, 11) is 0. The smallest absolute Gasteiger partial charge is 0.261 e. The number of nitrogens with zero attached hydrogens (tertiary/aromatic N) is 2. The van der Waals surface area contributed by atoms with Crippen molar-refractivity contribution in [3.8, 4) is 5.69 Å². The Morgan fingerprint density at radius 1 is 1.38 bits per heavy atom. The van der Waals surface area contributed by atoms with Crippen LogP contribution in [0.3, 0.4) is 0 Å². The number of aryl methyl sites for hydroxylation is 1. The predicted molar refractivity (Wildman–Crippen MR) is 83.1 cm³/mol. The maximum absolute atomic E-state index is 12.0. The van der Waals surface area contributed by atoms with Gasteiger partial charge < -0.3 is 10.4 Å². The summed E-state index contributed by atoms with van der Waals surface area (Å²) in [6.45, 7) is 2.13. The van der Waals surface area contributed by atoms with Crippen LogP contribution >= 0.6 is 11.3 Å². The summed E-state index contributed by atoms with van der Waals surface area (Å²) in [4.78, 5) is 13.6. The maximum Gasteiger partial charge on any atom is 0.261 e. The molecule has 0 radical (unpaired) electrons. The molecule has 0 spiro atoms. The van der Waals surface area contributed by atoms with E-state index in [4.69, 9.17) is 5.11 Å². The molecule has 2 N–H and O–H groups in total. The number of fused-ring (bicyclic) bond motifs is 1. The Kier molecular flexibility index (Phi) is 3.72. The normalized spacial score (nSPS) is 11.0. The van der Waals surface area contributed by atoms with Crippen molar-refractivity contribution in [2.45, 2.75) is 6.92 Å².